The fourth-order valence-electron chi connectivity index (χ4n) is 2.30. The number of nitrogens with one attached hydrogen (secondary N) is 2. The van der Waals surface area contributed by atoms with Crippen LogP contribution in [0.1, 0.15) is 46.0 Å². The molecule has 17 heavy (non-hydrogen) atoms. The van der Waals surface area contributed by atoms with Crippen LogP contribution in [-0.2, 0) is 4.79 Å². The fourth-order valence-corrected chi connectivity index (χ4v) is 3.23. The van der Waals surface area contributed by atoms with Crippen molar-refractivity contribution < 1.29 is 4.79 Å². The Morgan fingerprint density at radius 1 is 1.35 bits per heavy atom. The lowest BCUT2D eigenvalue weighted by molar-refractivity contribution is -0.121. The Kier molecular flexibility index (Phi) is 6.97. The van der Waals surface area contributed by atoms with Gasteiger partial charge in [-0.15, -0.1) is 0 Å². The third kappa shape index (κ3) is 5.77. The molecule has 0 aromatic carbocycles. The van der Waals surface area contributed by atoms with Gasteiger partial charge in [0.1, 0.15) is 0 Å². The molecule has 1 fully saturated rings. The molecule has 1 saturated carbocycles. The molecule has 1 aliphatic rings. The van der Waals surface area contributed by atoms with E-state index >= 15 is 0 Å². The van der Waals surface area contributed by atoms with Crippen molar-refractivity contribution in [2.24, 2.45) is 0 Å². The van der Waals surface area contributed by atoms with E-state index in [1.807, 2.05) is 11.8 Å². The van der Waals surface area contributed by atoms with Gasteiger partial charge in [-0.1, -0.05) is 26.7 Å². The van der Waals surface area contributed by atoms with Crippen molar-refractivity contribution in [1.82, 2.24) is 10.6 Å². The molecule has 1 rings (SSSR count). The van der Waals surface area contributed by atoms with Crippen LogP contribution in [0.15, 0.2) is 0 Å². The highest BCUT2D eigenvalue weighted by Gasteiger charge is 2.25. The van der Waals surface area contributed by atoms with Crippen LogP contribution < -0.4 is 10.6 Å². The monoisotopic (exact) mass is 258 g/mol. The summed E-state index contributed by atoms with van der Waals surface area (Å²) in [6, 6.07) is 0.849. The number of thioether (sulfide) groups is 1. The maximum absolute atomic E-state index is 11.8. The summed E-state index contributed by atoms with van der Waals surface area (Å²) < 4.78 is 0. The smallest absolute Gasteiger partial charge is 0.221 e. The van der Waals surface area contributed by atoms with Gasteiger partial charge in [-0.05, 0) is 19.1 Å². The highest BCUT2D eigenvalue weighted by atomic mass is 32.2. The second kappa shape index (κ2) is 7.98. The molecule has 2 atom stereocenters. The topological polar surface area (TPSA) is 41.1 Å². The van der Waals surface area contributed by atoms with E-state index in [4.69, 9.17) is 0 Å². The first-order valence-electron chi connectivity index (χ1n) is 6.69. The zero-order valence-electron chi connectivity index (χ0n) is 11.3. The van der Waals surface area contributed by atoms with Crippen molar-refractivity contribution in [2.45, 2.75) is 63.3 Å². The van der Waals surface area contributed by atoms with Crippen molar-refractivity contribution in [3.05, 3.63) is 0 Å². The minimum Gasteiger partial charge on any atom is -0.352 e. The summed E-state index contributed by atoms with van der Waals surface area (Å²) in [6.07, 6.45) is 7.70. The SMILES string of the molecule is CSC1CCCCC1NC(=O)CCNC(C)C. The number of carbonyl (C=O) groups is 1. The standard InChI is InChI=1S/C13H26N2OS/c1-10(2)14-9-8-13(16)15-11-6-4-5-7-12(11)17-3/h10-12,14H,4-9H2,1-3H3,(H,15,16). The zero-order chi connectivity index (χ0) is 12.7. The number of hydrogen-bond acceptors (Lipinski definition) is 3. The highest BCUT2D eigenvalue weighted by Crippen LogP contribution is 2.27. The van der Waals surface area contributed by atoms with Crippen LogP contribution in [0.25, 0.3) is 0 Å². The largest absolute Gasteiger partial charge is 0.352 e. The lowest BCUT2D eigenvalue weighted by Gasteiger charge is -2.31. The van der Waals surface area contributed by atoms with E-state index in [2.05, 4.69) is 30.7 Å². The summed E-state index contributed by atoms with van der Waals surface area (Å²) >= 11 is 1.89. The maximum atomic E-state index is 11.8. The van der Waals surface area contributed by atoms with Gasteiger partial charge in [-0.3, -0.25) is 4.79 Å². The Hall–Kier alpha value is -0.220. The molecule has 0 radical (unpaired) electrons. The van der Waals surface area contributed by atoms with Crippen LogP contribution in [0.5, 0.6) is 0 Å². The number of amides is 1. The van der Waals surface area contributed by atoms with Crippen molar-refractivity contribution >= 4 is 17.7 Å². The van der Waals surface area contributed by atoms with Crippen molar-refractivity contribution in [3.63, 3.8) is 0 Å². The van der Waals surface area contributed by atoms with Crippen LogP contribution in [0.3, 0.4) is 0 Å². The quantitative estimate of drug-likeness (QED) is 0.767. The van der Waals surface area contributed by atoms with E-state index in [0.717, 1.165) is 13.0 Å². The normalized spacial score (nSPS) is 24.9. The minimum absolute atomic E-state index is 0.198. The summed E-state index contributed by atoms with van der Waals surface area (Å²) in [4.78, 5) is 11.8. The third-order valence-corrected chi connectivity index (χ3v) is 4.43. The summed E-state index contributed by atoms with van der Waals surface area (Å²) in [5.74, 6) is 0.198. The lowest BCUT2D eigenvalue weighted by Crippen LogP contribution is -2.44. The van der Waals surface area contributed by atoms with Crippen LogP contribution in [-0.4, -0.2) is 36.0 Å². The lowest BCUT2D eigenvalue weighted by atomic mass is 9.95. The first-order valence-corrected chi connectivity index (χ1v) is 7.97. The summed E-state index contributed by atoms with van der Waals surface area (Å²) in [5, 5.41) is 7.08. The molecule has 0 spiro atoms. The second-order valence-corrected chi connectivity index (χ2v) is 6.17. The molecule has 0 aromatic heterocycles. The first-order chi connectivity index (χ1) is 8.13. The maximum Gasteiger partial charge on any atom is 0.221 e. The van der Waals surface area contributed by atoms with E-state index in [-0.39, 0.29) is 5.91 Å². The van der Waals surface area contributed by atoms with Gasteiger partial charge in [0.2, 0.25) is 5.91 Å². The Labute approximate surface area is 109 Å². The van der Waals surface area contributed by atoms with Gasteiger partial charge < -0.3 is 10.6 Å². The molecule has 0 saturated heterocycles. The minimum atomic E-state index is 0.198. The Morgan fingerprint density at radius 3 is 2.71 bits per heavy atom. The molecule has 0 aliphatic heterocycles. The molecule has 1 aliphatic carbocycles. The van der Waals surface area contributed by atoms with Gasteiger partial charge in [0, 0.05) is 30.3 Å². The molecule has 2 N–H and O–H groups in total. The molecule has 2 unspecified atom stereocenters. The van der Waals surface area contributed by atoms with Crippen LogP contribution >= 0.6 is 11.8 Å². The van der Waals surface area contributed by atoms with Crippen LogP contribution in [0.4, 0.5) is 0 Å². The van der Waals surface area contributed by atoms with Crippen LogP contribution in [0, 0.1) is 0 Å². The van der Waals surface area contributed by atoms with E-state index in [1.165, 1.54) is 19.3 Å². The number of hydrogen-bond donors (Lipinski definition) is 2. The Balaban J connectivity index is 2.24. The number of rotatable bonds is 6. The van der Waals surface area contributed by atoms with Crippen molar-refractivity contribution in [1.29, 1.82) is 0 Å². The van der Waals surface area contributed by atoms with E-state index in [0.29, 0.717) is 23.8 Å². The highest BCUT2D eigenvalue weighted by molar-refractivity contribution is 7.99. The van der Waals surface area contributed by atoms with E-state index < -0.39 is 0 Å². The van der Waals surface area contributed by atoms with Crippen molar-refractivity contribution in [3.8, 4) is 0 Å². The molecule has 1 amide bonds. The molecular weight excluding hydrogens is 232 g/mol. The number of carbonyl (C=O) groups excluding carboxylic acids is 1. The predicted octanol–water partition coefficient (Wildman–Crippen LogP) is 2.16. The third-order valence-electron chi connectivity index (χ3n) is 3.26. The zero-order valence-corrected chi connectivity index (χ0v) is 12.1. The molecule has 100 valence electrons. The van der Waals surface area contributed by atoms with Gasteiger partial charge in [-0.25, -0.2) is 0 Å². The molecule has 0 bridgehead atoms. The Morgan fingerprint density at radius 2 is 2.06 bits per heavy atom. The van der Waals surface area contributed by atoms with E-state index in [1.54, 1.807) is 0 Å². The van der Waals surface area contributed by atoms with Gasteiger partial charge in [0.15, 0.2) is 0 Å². The predicted molar refractivity (Wildman–Crippen MR) is 75.5 cm³/mol. The Bertz CT molecular complexity index is 233. The molecule has 0 aromatic rings. The second-order valence-electron chi connectivity index (χ2n) is 5.09. The molecule has 0 heterocycles. The van der Waals surface area contributed by atoms with Crippen molar-refractivity contribution in [2.75, 3.05) is 12.8 Å². The summed E-state index contributed by atoms with van der Waals surface area (Å²) in [6.45, 7) is 4.98. The molecule has 4 heteroatoms. The van der Waals surface area contributed by atoms with Gasteiger partial charge >= 0.3 is 0 Å². The molecular formula is C13H26N2OS. The first kappa shape index (κ1) is 14.8. The van der Waals surface area contributed by atoms with E-state index in [9.17, 15) is 4.79 Å². The van der Waals surface area contributed by atoms with Gasteiger partial charge in [0.05, 0.1) is 0 Å². The van der Waals surface area contributed by atoms with Gasteiger partial charge in [0.25, 0.3) is 0 Å². The van der Waals surface area contributed by atoms with Crippen LogP contribution in [0.2, 0.25) is 0 Å². The van der Waals surface area contributed by atoms with Gasteiger partial charge in [-0.2, -0.15) is 11.8 Å². The fraction of sp³-hybridized carbons (Fsp3) is 0.923. The summed E-state index contributed by atoms with van der Waals surface area (Å²) in [5.41, 5.74) is 0. The molecule has 3 nitrogen and oxygen atoms in total. The average molecular weight is 258 g/mol. The average Bonchev–Trinajstić information content (AvgIpc) is 2.29. The summed E-state index contributed by atoms with van der Waals surface area (Å²) in [7, 11) is 0.